The Labute approximate surface area is 287 Å². The molecule has 1 amide bonds. The van der Waals surface area contributed by atoms with Crippen molar-refractivity contribution in [3.8, 4) is 5.75 Å². The smallest absolute Gasteiger partial charge is 0.271 e. The van der Waals surface area contributed by atoms with Gasteiger partial charge < -0.3 is 14.2 Å². The van der Waals surface area contributed by atoms with Gasteiger partial charge >= 0.3 is 0 Å². The number of para-hydroxylation sites is 1. The zero-order chi connectivity index (χ0) is 33.5. The first kappa shape index (κ1) is 31.7. The quantitative estimate of drug-likeness (QED) is 0.176. The second kappa shape index (κ2) is 12.9. The molecule has 0 N–H and O–H groups in total. The monoisotopic (exact) mass is 674 g/mol. The Bertz CT molecular complexity index is 2430. The third-order valence-corrected chi connectivity index (χ3v) is 10.3. The van der Waals surface area contributed by atoms with Gasteiger partial charge in [0.05, 0.1) is 22.9 Å². The maximum atomic E-state index is 14.7. The van der Waals surface area contributed by atoms with Crippen LogP contribution in [0.3, 0.4) is 0 Å². The second-order valence-electron chi connectivity index (χ2n) is 11.8. The van der Waals surface area contributed by atoms with Crippen LogP contribution in [0.5, 0.6) is 5.75 Å². The number of carbonyl (C=O) groups excluding carboxylic acids is 1. The molecule has 48 heavy (non-hydrogen) atoms. The highest BCUT2D eigenvalue weighted by Crippen LogP contribution is 2.40. The summed E-state index contributed by atoms with van der Waals surface area (Å²) in [5.41, 5.74) is 4.70. The fourth-order valence-corrected chi connectivity index (χ4v) is 8.03. The van der Waals surface area contributed by atoms with E-state index in [1.54, 1.807) is 16.6 Å². The predicted octanol–water partition coefficient (Wildman–Crippen LogP) is 6.92. The number of thiazole rings is 1. The van der Waals surface area contributed by atoms with E-state index >= 15 is 0 Å². The molecule has 6 aromatic rings. The lowest BCUT2D eigenvalue weighted by Gasteiger charge is -2.30. The highest BCUT2D eigenvalue weighted by atomic mass is 35.5. The first-order chi connectivity index (χ1) is 23.3. The normalized spacial score (nSPS) is 14.8. The number of aromatic nitrogens is 2. The van der Waals surface area contributed by atoms with E-state index in [1.807, 2.05) is 93.6 Å². The minimum atomic E-state index is -0.735. The number of hydrogen-bond acceptors (Lipinski definition) is 5. The molecule has 242 valence electrons. The van der Waals surface area contributed by atoms with Gasteiger partial charge in [0.25, 0.3) is 11.5 Å². The van der Waals surface area contributed by atoms with Gasteiger partial charge in [-0.25, -0.2) is 4.99 Å². The summed E-state index contributed by atoms with van der Waals surface area (Å²) in [7, 11) is 1.62. The molecule has 2 aromatic heterocycles. The van der Waals surface area contributed by atoms with Crippen LogP contribution in [0.2, 0.25) is 5.02 Å². The van der Waals surface area contributed by atoms with Crippen molar-refractivity contribution in [2.45, 2.75) is 33.4 Å². The molecule has 7 nitrogen and oxygen atoms in total. The molecule has 0 unspecified atom stereocenters. The Morgan fingerprint density at radius 2 is 1.75 bits per heavy atom. The van der Waals surface area contributed by atoms with E-state index < -0.39 is 6.04 Å². The van der Waals surface area contributed by atoms with Gasteiger partial charge in [0.15, 0.2) is 4.80 Å². The number of carbonyl (C=O) groups is 1. The average Bonchev–Trinajstić information content (AvgIpc) is 3.59. The van der Waals surface area contributed by atoms with Crippen molar-refractivity contribution in [2.75, 3.05) is 20.2 Å². The summed E-state index contributed by atoms with van der Waals surface area (Å²) < 4.78 is 10.3. The number of fused-ring (bicyclic) bond motifs is 3. The van der Waals surface area contributed by atoms with Crippen LogP contribution >= 0.6 is 22.9 Å². The molecule has 4 aromatic carbocycles. The Kier molecular flexibility index (Phi) is 8.54. The fourth-order valence-electron chi connectivity index (χ4n) is 6.78. The molecule has 0 saturated carbocycles. The Balaban J connectivity index is 1.46. The summed E-state index contributed by atoms with van der Waals surface area (Å²) in [6.45, 7) is 7.49. The van der Waals surface area contributed by atoms with Crippen LogP contribution in [0.25, 0.3) is 27.8 Å². The van der Waals surface area contributed by atoms with Crippen molar-refractivity contribution >= 4 is 56.6 Å². The summed E-state index contributed by atoms with van der Waals surface area (Å²) in [4.78, 5) is 36.2. The SMILES string of the molecule is CCN(CC)C(=O)C1=C(C)N=c2s/c(=C/c3cn(Cc4cccc(Cl)c4)c4ccccc34)c(=O)n2[C@@H]1c1c(OC)ccc2ccccc12. The van der Waals surface area contributed by atoms with Crippen LogP contribution < -0.4 is 19.6 Å². The number of nitrogens with zero attached hydrogens (tertiary/aromatic N) is 4. The van der Waals surface area contributed by atoms with Crippen LogP contribution in [-0.4, -0.2) is 40.1 Å². The molecule has 0 spiro atoms. The van der Waals surface area contributed by atoms with Crippen molar-refractivity contribution < 1.29 is 9.53 Å². The first-order valence-electron chi connectivity index (χ1n) is 16.0. The van der Waals surface area contributed by atoms with Crippen LogP contribution in [0, 0.1) is 0 Å². The molecule has 7 rings (SSSR count). The molecule has 1 atom stereocenters. The molecular weight excluding hydrogens is 640 g/mol. The van der Waals surface area contributed by atoms with Crippen LogP contribution in [0.1, 0.15) is 43.5 Å². The van der Waals surface area contributed by atoms with Crippen molar-refractivity contribution in [1.82, 2.24) is 14.0 Å². The third-order valence-electron chi connectivity index (χ3n) is 9.07. The van der Waals surface area contributed by atoms with Gasteiger partial charge in [-0.05, 0) is 67.4 Å². The predicted molar refractivity (Wildman–Crippen MR) is 195 cm³/mol. The summed E-state index contributed by atoms with van der Waals surface area (Å²) >= 11 is 7.63. The number of likely N-dealkylation sites (N-methyl/N-ethyl adjacent to an activating group) is 1. The maximum absolute atomic E-state index is 14.7. The van der Waals surface area contributed by atoms with Gasteiger partial charge in [-0.3, -0.25) is 14.2 Å². The number of methoxy groups -OCH3 is 1. The zero-order valence-electron chi connectivity index (χ0n) is 27.2. The second-order valence-corrected chi connectivity index (χ2v) is 13.3. The maximum Gasteiger partial charge on any atom is 0.271 e. The van der Waals surface area contributed by atoms with Crippen molar-refractivity contribution in [2.24, 2.45) is 4.99 Å². The van der Waals surface area contributed by atoms with E-state index in [0.29, 0.717) is 51.0 Å². The summed E-state index contributed by atoms with van der Waals surface area (Å²) in [5.74, 6) is 0.469. The lowest BCUT2D eigenvalue weighted by atomic mass is 9.90. The fraction of sp³-hybridized carbons (Fsp3) is 0.205. The largest absolute Gasteiger partial charge is 0.496 e. The minimum Gasteiger partial charge on any atom is -0.496 e. The summed E-state index contributed by atoms with van der Waals surface area (Å²) in [5, 5.41) is 3.63. The molecule has 0 aliphatic carbocycles. The van der Waals surface area contributed by atoms with Crippen LogP contribution in [-0.2, 0) is 11.3 Å². The molecule has 0 saturated heterocycles. The lowest BCUT2D eigenvalue weighted by molar-refractivity contribution is -0.127. The highest BCUT2D eigenvalue weighted by Gasteiger charge is 2.36. The van der Waals surface area contributed by atoms with Gasteiger partial charge in [-0.2, -0.15) is 0 Å². The molecule has 0 bridgehead atoms. The lowest BCUT2D eigenvalue weighted by Crippen LogP contribution is -2.43. The Hall–Kier alpha value is -4.92. The third kappa shape index (κ3) is 5.45. The molecule has 0 fully saturated rings. The Morgan fingerprint density at radius 1 is 1.00 bits per heavy atom. The van der Waals surface area contributed by atoms with E-state index in [9.17, 15) is 9.59 Å². The standard InChI is InChI=1S/C39H35ClN4O3S/c1-5-42(6-2)38(46)34-24(3)41-39-44(36(34)35-30-16-8-7-13-26(30)18-19-32(35)47-4)37(45)33(48-39)21-27-23-43(31-17-10-9-15-29(27)31)22-25-12-11-14-28(40)20-25/h7-21,23,36H,5-6,22H2,1-4H3/b33-21+/t36-/m0/s1. The topological polar surface area (TPSA) is 68.8 Å². The average molecular weight is 675 g/mol. The van der Waals surface area contributed by atoms with Crippen molar-refractivity contribution in [1.29, 1.82) is 0 Å². The van der Waals surface area contributed by atoms with E-state index in [4.69, 9.17) is 21.3 Å². The molecular formula is C39H35ClN4O3S. The number of hydrogen-bond donors (Lipinski definition) is 0. The van der Waals surface area contributed by atoms with E-state index in [1.165, 1.54) is 11.3 Å². The van der Waals surface area contributed by atoms with E-state index in [2.05, 4.69) is 29.0 Å². The molecule has 0 radical (unpaired) electrons. The van der Waals surface area contributed by atoms with Gasteiger partial charge in [0.1, 0.15) is 11.8 Å². The summed E-state index contributed by atoms with van der Waals surface area (Å²) in [6.07, 6.45) is 4.03. The van der Waals surface area contributed by atoms with Gasteiger partial charge in [0.2, 0.25) is 0 Å². The number of ether oxygens (including phenoxy) is 1. The van der Waals surface area contributed by atoms with E-state index in [0.717, 1.165) is 38.4 Å². The molecule has 1 aliphatic heterocycles. The van der Waals surface area contributed by atoms with Crippen molar-refractivity contribution in [3.63, 3.8) is 0 Å². The van der Waals surface area contributed by atoms with Gasteiger partial charge in [-0.1, -0.05) is 83.6 Å². The van der Waals surface area contributed by atoms with Crippen LogP contribution in [0.15, 0.2) is 112 Å². The number of rotatable bonds is 8. The Morgan fingerprint density at radius 3 is 2.50 bits per heavy atom. The minimum absolute atomic E-state index is 0.139. The van der Waals surface area contributed by atoms with Crippen LogP contribution in [0.4, 0.5) is 0 Å². The number of amides is 1. The molecule has 3 heterocycles. The number of benzene rings is 4. The zero-order valence-corrected chi connectivity index (χ0v) is 28.8. The highest BCUT2D eigenvalue weighted by molar-refractivity contribution is 7.07. The number of allylic oxidation sites excluding steroid dienone is 1. The van der Waals surface area contributed by atoms with Crippen molar-refractivity contribution in [3.05, 3.63) is 144 Å². The number of halogens is 1. The molecule has 1 aliphatic rings. The molecule has 9 heteroatoms. The van der Waals surface area contributed by atoms with Gasteiger partial charge in [-0.15, -0.1) is 0 Å². The first-order valence-corrected chi connectivity index (χ1v) is 17.2. The van der Waals surface area contributed by atoms with Gasteiger partial charge in [0, 0.05) is 52.9 Å². The summed E-state index contributed by atoms with van der Waals surface area (Å²) in [6, 6.07) is 27.2. The van der Waals surface area contributed by atoms with E-state index in [-0.39, 0.29) is 11.5 Å².